The van der Waals surface area contributed by atoms with Crippen molar-refractivity contribution in [2.24, 2.45) is 0 Å². The van der Waals surface area contributed by atoms with Crippen molar-refractivity contribution < 1.29 is 9.59 Å². The Kier molecular flexibility index (Phi) is 5.64. The number of benzene rings is 1. The predicted molar refractivity (Wildman–Crippen MR) is 70.8 cm³/mol. The zero-order chi connectivity index (χ0) is 13.4. The first-order valence-corrected chi connectivity index (χ1v) is 5.81. The summed E-state index contributed by atoms with van der Waals surface area (Å²) in [6, 6.07) is 7.87. The van der Waals surface area contributed by atoms with Gasteiger partial charge in [0.2, 0.25) is 11.8 Å². The van der Waals surface area contributed by atoms with E-state index >= 15 is 0 Å². The first-order chi connectivity index (χ1) is 8.61. The average molecular weight is 246 g/mol. The van der Waals surface area contributed by atoms with Crippen molar-refractivity contribution >= 4 is 11.8 Å². The average Bonchev–Trinajstić information content (AvgIpc) is 2.34. The zero-order valence-electron chi connectivity index (χ0n) is 10.5. The third kappa shape index (κ3) is 5.30. The van der Waals surface area contributed by atoms with Crippen LogP contribution in [-0.2, 0) is 16.1 Å². The van der Waals surface area contributed by atoms with Gasteiger partial charge < -0.3 is 10.6 Å². The van der Waals surface area contributed by atoms with Gasteiger partial charge in [0.1, 0.15) is 6.42 Å². The molecular weight excluding hydrogens is 228 g/mol. The fourth-order valence-corrected chi connectivity index (χ4v) is 1.48. The Balaban J connectivity index is 2.33. The Morgan fingerprint density at radius 3 is 2.67 bits per heavy atom. The smallest absolute Gasteiger partial charge is 0.229 e. The summed E-state index contributed by atoms with van der Waals surface area (Å²) in [4.78, 5) is 22.7. The summed E-state index contributed by atoms with van der Waals surface area (Å²) in [5.41, 5.74) is 2.17. The first-order valence-electron chi connectivity index (χ1n) is 5.81. The van der Waals surface area contributed by atoms with Crippen LogP contribution in [0.5, 0.6) is 0 Å². The normalized spacial score (nSPS) is 9.61. The maximum atomic E-state index is 11.5. The number of carbonyl (C=O) groups is 2. The van der Waals surface area contributed by atoms with E-state index in [-0.39, 0.29) is 18.2 Å². The topological polar surface area (TPSA) is 58.2 Å². The Hall–Kier alpha value is -2.10. The molecule has 0 heterocycles. The number of amides is 2. The van der Waals surface area contributed by atoms with Gasteiger partial charge in [-0.05, 0) is 12.5 Å². The van der Waals surface area contributed by atoms with Crippen LogP contribution in [0, 0.1) is 6.92 Å². The molecule has 0 atom stereocenters. The van der Waals surface area contributed by atoms with Gasteiger partial charge in [-0.1, -0.05) is 35.9 Å². The molecular formula is C14H18N2O2. The van der Waals surface area contributed by atoms with Crippen LogP contribution in [0.1, 0.15) is 17.5 Å². The van der Waals surface area contributed by atoms with Crippen LogP contribution in [0.4, 0.5) is 0 Å². The van der Waals surface area contributed by atoms with E-state index in [1.54, 1.807) is 6.08 Å². The number of hydrogen-bond acceptors (Lipinski definition) is 2. The lowest BCUT2D eigenvalue weighted by molar-refractivity contribution is -0.129. The highest BCUT2D eigenvalue weighted by molar-refractivity contribution is 5.96. The van der Waals surface area contributed by atoms with E-state index in [4.69, 9.17) is 0 Å². The molecule has 4 nitrogen and oxygen atoms in total. The number of carbonyl (C=O) groups excluding carboxylic acids is 2. The Morgan fingerprint density at radius 2 is 2.00 bits per heavy atom. The molecule has 2 N–H and O–H groups in total. The van der Waals surface area contributed by atoms with E-state index in [2.05, 4.69) is 17.2 Å². The number of nitrogens with one attached hydrogen (secondary N) is 2. The molecule has 18 heavy (non-hydrogen) atoms. The Morgan fingerprint density at radius 1 is 1.28 bits per heavy atom. The molecule has 0 aliphatic heterocycles. The second kappa shape index (κ2) is 7.27. The molecule has 0 aliphatic rings. The molecule has 1 aromatic carbocycles. The molecule has 1 rings (SSSR count). The number of rotatable bonds is 6. The van der Waals surface area contributed by atoms with Crippen molar-refractivity contribution in [3.05, 3.63) is 48.0 Å². The minimum Gasteiger partial charge on any atom is -0.352 e. The largest absolute Gasteiger partial charge is 0.352 e. The second-order valence-corrected chi connectivity index (χ2v) is 4.04. The van der Waals surface area contributed by atoms with Gasteiger partial charge in [-0.3, -0.25) is 9.59 Å². The first kappa shape index (κ1) is 14.0. The van der Waals surface area contributed by atoms with Gasteiger partial charge >= 0.3 is 0 Å². The monoisotopic (exact) mass is 246 g/mol. The highest BCUT2D eigenvalue weighted by Crippen LogP contribution is 2.03. The lowest BCUT2D eigenvalue weighted by Gasteiger charge is -2.06. The molecule has 0 aliphatic carbocycles. The van der Waals surface area contributed by atoms with E-state index in [0.29, 0.717) is 13.1 Å². The van der Waals surface area contributed by atoms with Gasteiger partial charge in [0.25, 0.3) is 0 Å². The van der Waals surface area contributed by atoms with Crippen molar-refractivity contribution in [1.29, 1.82) is 0 Å². The quantitative estimate of drug-likeness (QED) is 0.587. The van der Waals surface area contributed by atoms with Crippen molar-refractivity contribution in [3.63, 3.8) is 0 Å². The fourth-order valence-electron chi connectivity index (χ4n) is 1.48. The zero-order valence-corrected chi connectivity index (χ0v) is 10.5. The van der Waals surface area contributed by atoms with Crippen LogP contribution in [0.3, 0.4) is 0 Å². The molecule has 0 aromatic heterocycles. The minimum atomic E-state index is -0.295. The van der Waals surface area contributed by atoms with Gasteiger partial charge in [-0.25, -0.2) is 0 Å². The van der Waals surface area contributed by atoms with Crippen LogP contribution < -0.4 is 10.6 Å². The predicted octanol–water partition coefficient (Wildman–Crippen LogP) is 1.30. The standard InChI is InChI=1S/C14H18N2O2/c1-3-7-15-13(17)9-14(18)16-10-12-6-4-5-11(2)8-12/h3-6,8H,1,7,9-10H2,2H3,(H,15,17)(H,16,18). The maximum Gasteiger partial charge on any atom is 0.229 e. The summed E-state index contributed by atoms with van der Waals surface area (Å²) in [5.74, 6) is -0.574. The molecule has 0 spiro atoms. The Bertz CT molecular complexity index is 441. The number of aryl methyl sites for hydroxylation is 1. The van der Waals surface area contributed by atoms with Crippen molar-refractivity contribution in [2.75, 3.05) is 6.54 Å². The van der Waals surface area contributed by atoms with Crippen molar-refractivity contribution in [1.82, 2.24) is 10.6 Å². The van der Waals surface area contributed by atoms with Gasteiger partial charge in [0.05, 0.1) is 0 Å². The third-order valence-corrected chi connectivity index (χ3v) is 2.34. The molecule has 0 fully saturated rings. The summed E-state index contributed by atoms with van der Waals surface area (Å²) < 4.78 is 0. The van der Waals surface area contributed by atoms with Crippen molar-refractivity contribution in [2.45, 2.75) is 19.9 Å². The van der Waals surface area contributed by atoms with E-state index < -0.39 is 0 Å². The molecule has 2 amide bonds. The molecule has 1 aromatic rings. The van der Waals surface area contributed by atoms with Crippen LogP contribution >= 0.6 is 0 Å². The SMILES string of the molecule is C=CCNC(=O)CC(=O)NCc1cccc(C)c1. The fraction of sp³-hybridized carbons (Fsp3) is 0.286. The molecule has 0 saturated heterocycles. The van der Waals surface area contributed by atoms with Gasteiger partial charge in [-0.15, -0.1) is 6.58 Å². The number of hydrogen-bond donors (Lipinski definition) is 2. The summed E-state index contributed by atoms with van der Waals surface area (Å²) in [6.45, 7) is 6.29. The van der Waals surface area contributed by atoms with Crippen LogP contribution in [0.2, 0.25) is 0 Å². The summed E-state index contributed by atoms with van der Waals surface area (Å²) >= 11 is 0. The van der Waals surface area contributed by atoms with Crippen LogP contribution in [-0.4, -0.2) is 18.4 Å². The molecule has 0 bridgehead atoms. The lowest BCUT2D eigenvalue weighted by atomic mass is 10.1. The van der Waals surface area contributed by atoms with Crippen LogP contribution in [0.15, 0.2) is 36.9 Å². The lowest BCUT2D eigenvalue weighted by Crippen LogP contribution is -2.31. The van der Waals surface area contributed by atoms with E-state index in [9.17, 15) is 9.59 Å². The Labute approximate surface area is 107 Å². The summed E-state index contributed by atoms with van der Waals surface area (Å²) in [6.07, 6.45) is 1.42. The summed E-state index contributed by atoms with van der Waals surface area (Å²) in [5, 5.41) is 5.26. The molecule has 96 valence electrons. The maximum absolute atomic E-state index is 11.5. The van der Waals surface area contributed by atoms with Crippen LogP contribution in [0.25, 0.3) is 0 Å². The molecule has 0 unspecified atom stereocenters. The molecule has 4 heteroatoms. The van der Waals surface area contributed by atoms with Gasteiger partial charge in [0, 0.05) is 13.1 Å². The van der Waals surface area contributed by atoms with E-state index in [1.165, 1.54) is 0 Å². The molecule has 0 radical (unpaired) electrons. The van der Waals surface area contributed by atoms with Gasteiger partial charge in [-0.2, -0.15) is 0 Å². The van der Waals surface area contributed by atoms with Gasteiger partial charge in [0.15, 0.2) is 0 Å². The summed E-state index contributed by atoms with van der Waals surface area (Å²) in [7, 11) is 0. The van der Waals surface area contributed by atoms with Crippen molar-refractivity contribution in [3.8, 4) is 0 Å². The third-order valence-electron chi connectivity index (χ3n) is 2.34. The van der Waals surface area contributed by atoms with E-state index in [0.717, 1.165) is 11.1 Å². The second-order valence-electron chi connectivity index (χ2n) is 4.04. The highest BCUT2D eigenvalue weighted by atomic mass is 16.2. The molecule has 0 saturated carbocycles. The highest BCUT2D eigenvalue weighted by Gasteiger charge is 2.07. The minimum absolute atomic E-state index is 0.153. The van der Waals surface area contributed by atoms with E-state index in [1.807, 2.05) is 31.2 Å².